The van der Waals surface area contributed by atoms with E-state index in [1.807, 2.05) is 30.3 Å². The van der Waals surface area contributed by atoms with Crippen molar-refractivity contribution in [2.45, 2.75) is 32.2 Å². The maximum Gasteiger partial charge on any atom is 0.252 e. The van der Waals surface area contributed by atoms with Gasteiger partial charge in [-0.05, 0) is 68.5 Å². The standard InChI is InChI=1S/C20H23N3O/c21-14-18-4-1-3-17(13-18)7-6-16-8-11-23(12-9-16)15-19-5-2-10-22-20(19)24/h1-5,10,13,16H,6-9,11-12,15H2,(H,22,24). The number of rotatable bonds is 5. The van der Waals surface area contributed by atoms with Crippen LogP contribution in [-0.2, 0) is 13.0 Å². The van der Waals surface area contributed by atoms with Gasteiger partial charge in [-0.25, -0.2) is 0 Å². The van der Waals surface area contributed by atoms with E-state index in [2.05, 4.69) is 22.0 Å². The summed E-state index contributed by atoms with van der Waals surface area (Å²) >= 11 is 0. The first-order valence-corrected chi connectivity index (χ1v) is 8.62. The monoisotopic (exact) mass is 321 g/mol. The molecule has 0 bridgehead atoms. The van der Waals surface area contributed by atoms with Crippen molar-refractivity contribution in [2.75, 3.05) is 13.1 Å². The Morgan fingerprint density at radius 1 is 1.21 bits per heavy atom. The van der Waals surface area contributed by atoms with Crippen LogP contribution >= 0.6 is 0 Å². The van der Waals surface area contributed by atoms with Crippen LogP contribution in [0.25, 0.3) is 0 Å². The number of aromatic amines is 1. The number of pyridine rings is 1. The molecule has 124 valence electrons. The molecule has 0 spiro atoms. The van der Waals surface area contributed by atoms with Crippen LogP contribution in [0.5, 0.6) is 0 Å². The molecule has 1 saturated heterocycles. The quantitative estimate of drug-likeness (QED) is 0.920. The average molecular weight is 321 g/mol. The molecule has 1 aliphatic heterocycles. The first kappa shape index (κ1) is 16.5. The minimum Gasteiger partial charge on any atom is -0.329 e. The van der Waals surface area contributed by atoms with Crippen LogP contribution in [0, 0.1) is 17.2 Å². The molecular weight excluding hydrogens is 298 g/mol. The Morgan fingerprint density at radius 3 is 2.79 bits per heavy atom. The number of nitriles is 1. The number of piperidine rings is 1. The Balaban J connectivity index is 1.46. The molecule has 4 nitrogen and oxygen atoms in total. The van der Waals surface area contributed by atoms with E-state index >= 15 is 0 Å². The van der Waals surface area contributed by atoms with Crippen molar-refractivity contribution in [1.29, 1.82) is 5.26 Å². The van der Waals surface area contributed by atoms with E-state index in [0.29, 0.717) is 0 Å². The number of hydrogen-bond donors (Lipinski definition) is 1. The highest BCUT2D eigenvalue weighted by Gasteiger charge is 2.19. The molecule has 2 aromatic rings. The van der Waals surface area contributed by atoms with Crippen molar-refractivity contribution < 1.29 is 0 Å². The van der Waals surface area contributed by atoms with Gasteiger partial charge in [0.1, 0.15) is 0 Å². The molecule has 0 aliphatic carbocycles. The Hall–Kier alpha value is -2.38. The van der Waals surface area contributed by atoms with Crippen LogP contribution in [-0.4, -0.2) is 23.0 Å². The molecule has 1 aliphatic rings. The summed E-state index contributed by atoms with van der Waals surface area (Å²) in [6, 6.07) is 13.9. The van der Waals surface area contributed by atoms with E-state index in [0.717, 1.165) is 43.1 Å². The number of aromatic nitrogens is 1. The molecule has 1 N–H and O–H groups in total. The summed E-state index contributed by atoms with van der Waals surface area (Å²) < 4.78 is 0. The zero-order valence-electron chi connectivity index (χ0n) is 13.9. The fourth-order valence-electron chi connectivity index (χ4n) is 3.42. The van der Waals surface area contributed by atoms with Crippen molar-refractivity contribution in [2.24, 2.45) is 5.92 Å². The van der Waals surface area contributed by atoms with Crippen LogP contribution in [0.1, 0.15) is 36.0 Å². The predicted octanol–water partition coefficient (Wildman–Crippen LogP) is 3.09. The first-order chi connectivity index (χ1) is 11.7. The van der Waals surface area contributed by atoms with Gasteiger partial charge in [0.05, 0.1) is 11.6 Å². The summed E-state index contributed by atoms with van der Waals surface area (Å²) in [5, 5.41) is 8.97. The molecule has 1 fully saturated rings. The van der Waals surface area contributed by atoms with E-state index in [1.165, 1.54) is 24.8 Å². The lowest BCUT2D eigenvalue weighted by atomic mass is 9.90. The number of nitrogens with one attached hydrogen (secondary N) is 1. The number of H-pyrrole nitrogens is 1. The average Bonchev–Trinajstić information content (AvgIpc) is 2.63. The molecule has 1 aromatic heterocycles. The summed E-state index contributed by atoms with van der Waals surface area (Å²) in [6.45, 7) is 2.85. The van der Waals surface area contributed by atoms with E-state index in [9.17, 15) is 4.79 Å². The fourth-order valence-corrected chi connectivity index (χ4v) is 3.42. The summed E-state index contributed by atoms with van der Waals surface area (Å²) in [5.74, 6) is 0.737. The molecule has 0 saturated carbocycles. The predicted molar refractivity (Wildman–Crippen MR) is 94.5 cm³/mol. The lowest BCUT2D eigenvalue weighted by Gasteiger charge is -2.31. The fraction of sp³-hybridized carbons (Fsp3) is 0.400. The lowest BCUT2D eigenvalue weighted by Crippen LogP contribution is -2.34. The highest BCUT2D eigenvalue weighted by Crippen LogP contribution is 2.23. The third-order valence-corrected chi connectivity index (χ3v) is 4.90. The van der Waals surface area contributed by atoms with Gasteiger partial charge < -0.3 is 4.98 Å². The topological polar surface area (TPSA) is 59.9 Å². The largest absolute Gasteiger partial charge is 0.329 e. The molecule has 24 heavy (non-hydrogen) atoms. The van der Waals surface area contributed by atoms with Gasteiger partial charge in [-0.2, -0.15) is 5.26 Å². The second kappa shape index (κ2) is 7.94. The smallest absolute Gasteiger partial charge is 0.252 e. The van der Waals surface area contributed by atoms with Crippen LogP contribution in [0.15, 0.2) is 47.4 Å². The third-order valence-electron chi connectivity index (χ3n) is 4.90. The second-order valence-electron chi connectivity index (χ2n) is 6.59. The highest BCUT2D eigenvalue weighted by molar-refractivity contribution is 5.32. The van der Waals surface area contributed by atoms with Gasteiger partial charge in [-0.15, -0.1) is 0 Å². The van der Waals surface area contributed by atoms with E-state index < -0.39 is 0 Å². The van der Waals surface area contributed by atoms with Gasteiger partial charge >= 0.3 is 0 Å². The van der Waals surface area contributed by atoms with Crippen molar-refractivity contribution in [3.05, 3.63) is 69.6 Å². The Kier molecular flexibility index (Phi) is 5.45. The molecule has 3 rings (SSSR count). The van der Waals surface area contributed by atoms with Crippen LogP contribution in [0.3, 0.4) is 0 Å². The van der Waals surface area contributed by atoms with Crippen molar-refractivity contribution >= 4 is 0 Å². The summed E-state index contributed by atoms with van der Waals surface area (Å²) in [6.07, 6.45) is 6.26. The van der Waals surface area contributed by atoms with E-state index in [1.54, 1.807) is 6.20 Å². The molecular formula is C20H23N3O. The van der Waals surface area contributed by atoms with Gasteiger partial charge in [0.15, 0.2) is 0 Å². The lowest BCUT2D eigenvalue weighted by molar-refractivity contribution is 0.172. The van der Waals surface area contributed by atoms with E-state index in [4.69, 9.17) is 5.26 Å². The number of benzene rings is 1. The van der Waals surface area contributed by atoms with Gasteiger partial charge in [0.25, 0.3) is 5.56 Å². The van der Waals surface area contributed by atoms with Gasteiger partial charge in [-0.1, -0.05) is 18.2 Å². The van der Waals surface area contributed by atoms with Crippen molar-refractivity contribution in [3.63, 3.8) is 0 Å². The van der Waals surface area contributed by atoms with Crippen LogP contribution in [0.2, 0.25) is 0 Å². The van der Waals surface area contributed by atoms with Gasteiger partial charge in [-0.3, -0.25) is 9.69 Å². The first-order valence-electron chi connectivity index (χ1n) is 8.62. The van der Waals surface area contributed by atoms with Crippen LogP contribution < -0.4 is 5.56 Å². The van der Waals surface area contributed by atoms with E-state index in [-0.39, 0.29) is 5.56 Å². The molecule has 4 heteroatoms. The molecule has 0 atom stereocenters. The number of likely N-dealkylation sites (tertiary alicyclic amines) is 1. The third kappa shape index (κ3) is 4.33. The number of hydrogen-bond acceptors (Lipinski definition) is 3. The number of aryl methyl sites for hydroxylation is 1. The minimum absolute atomic E-state index is 0.0250. The second-order valence-corrected chi connectivity index (χ2v) is 6.59. The maximum atomic E-state index is 11.8. The Morgan fingerprint density at radius 2 is 2.04 bits per heavy atom. The maximum absolute atomic E-state index is 11.8. The van der Waals surface area contributed by atoms with Crippen molar-refractivity contribution in [1.82, 2.24) is 9.88 Å². The summed E-state index contributed by atoms with van der Waals surface area (Å²) in [5.41, 5.74) is 2.88. The van der Waals surface area contributed by atoms with Crippen LogP contribution in [0.4, 0.5) is 0 Å². The molecule has 1 aromatic carbocycles. The SMILES string of the molecule is N#Cc1cccc(CCC2CCN(Cc3ccc[nH]c3=O)CC2)c1. The van der Waals surface area contributed by atoms with Gasteiger partial charge in [0.2, 0.25) is 0 Å². The summed E-state index contributed by atoms with van der Waals surface area (Å²) in [7, 11) is 0. The molecule has 0 amide bonds. The normalized spacial score (nSPS) is 16.0. The number of nitrogens with zero attached hydrogens (tertiary/aromatic N) is 2. The Labute approximate surface area is 142 Å². The summed E-state index contributed by atoms with van der Waals surface area (Å²) in [4.78, 5) is 16.9. The van der Waals surface area contributed by atoms with Crippen molar-refractivity contribution in [3.8, 4) is 6.07 Å². The Bertz CT molecular complexity index is 767. The molecule has 2 heterocycles. The van der Waals surface area contributed by atoms with Gasteiger partial charge in [0, 0.05) is 18.3 Å². The zero-order valence-corrected chi connectivity index (χ0v) is 13.9. The zero-order chi connectivity index (χ0) is 16.8. The highest BCUT2D eigenvalue weighted by atomic mass is 16.1. The molecule has 0 radical (unpaired) electrons. The molecule has 0 unspecified atom stereocenters. The minimum atomic E-state index is 0.0250.